The van der Waals surface area contributed by atoms with Gasteiger partial charge in [-0.05, 0) is 6.92 Å². The van der Waals surface area contributed by atoms with Crippen molar-refractivity contribution in [2.45, 2.75) is 13.5 Å². The number of rotatable bonds is 3. The van der Waals surface area contributed by atoms with E-state index in [0.29, 0.717) is 0 Å². The summed E-state index contributed by atoms with van der Waals surface area (Å²) in [4.78, 5) is 40.4. The van der Waals surface area contributed by atoms with E-state index in [1.165, 1.54) is 11.3 Å². The summed E-state index contributed by atoms with van der Waals surface area (Å²) in [6.45, 7) is 2.01. The molecule has 18 heavy (non-hydrogen) atoms. The number of aromatic nitrogens is 3. The minimum atomic E-state index is -1.37. The predicted octanol–water partition coefficient (Wildman–Crippen LogP) is 0.0480. The number of H-pyrrole nitrogens is 1. The summed E-state index contributed by atoms with van der Waals surface area (Å²) in [5, 5.41) is 9.65. The van der Waals surface area contributed by atoms with Crippen molar-refractivity contribution in [3.63, 3.8) is 0 Å². The molecule has 0 unspecified atom stereocenters. The van der Waals surface area contributed by atoms with Crippen LogP contribution in [0.5, 0.6) is 0 Å². The third-order valence-electron chi connectivity index (χ3n) is 2.24. The number of carboxylic acids is 1. The number of carbonyl (C=O) groups is 1. The van der Waals surface area contributed by atoms with Crippen molar-refractivity contribution in [3.05, 3.63) is 48.7 Å². The van der Waals surface area contributed by atoms with Crippen LogP contribution in [0, 0.1) is 6.92 Å². The molecular formula is C10H9N3O4S. The molecule has 0 aliphatic rings. The molecule has 2 aromatic heterocycles. The molecular weight excluding hydrogens is 258 g/mol. The highest BCUT2D eigenvalue weighted by atomic mass is 32.1. The molecule has 8 heteroatoms. The van der Waals surface area contributed by atoms with Crippen molar-refractivity contribution in [1.29, 1.82) is 0 Å². The van der Waals surface area contributed by atoms with Gasteiger partial charge in [0.25, 0.3) is 5.56 Å². The molecule has 2 aromatic rings. The van der Waals surface area contributed by atoms with Gasteiger partial charge in [0.2, 0.25) is 0 Å². The van der Waals surface area contributed by atoms with Gasteiger partial charge in [-0.3, -0.25) is 14.3 Å². The molecule has 0 atom stereocenters. The number of hydrogen-bond acceptors (Lipinski definition) is 5. The van der Waals surface area contributed by atoms with E-state index in [-0.39, 0.29) is 6.54 Å². The lowest BCUT2D eigenvalue weighted by Crippen LogP contribution is -2.33. The summed E-state index contributed by atoms with van der Waals surface area (Å²) in [5.74, 6) is -1.37. The molecule has 0 aliphatic heterocycles. The molecule has 2 N–H and O–H groups in total. The van der Waals surface area contributed by atoms with Crippen molar-refractivity contribution >= 4 is 17.3 Å². The maximum atomic E-state index is 11.5. The normalized spacial score (nSPS) is 10.5. The number of thiazole rings is 1. The highest BCUT2D eigenvalue weighted by molar-refractivity contribution is 7.11. The van der Waals surface area contributed by atoms with E-state index in [1.807, 2.05) is 11.9 Å². The molecule has 0 amide bonds. The number of hydrogen-bond donors (Lipinski definition) is 2. The summed E-state index contributed by atoms with van der Waals surface area (Å²) >= 11 is 1.40. The van der Waals surface area contributed by atoms with Crippen LogP contribution >= 0.6 is 11.3 Å². The SMILES string of the molecule is Cc1ncc(Cn2cc(C(=O)O)c(=O)[nH]c2=O)s1. The van der Waals surface area contributed by atoms with E-state index < -0.39 is 22.8 Å². The second kappa shape index (κ2) is 4.57. The van der Waals surface area contributed by atoms with Gasteiger partial charge in [-0.15, -0.1) is 11.3 Å². The van der Waals surface area contributed by atoms with Crippen LogP contribution in [0.1, 0.15) is 20.2 Å². The Morgan fingerprint density at radius 2 is 2.28 bits per heavy atom. The molecule has 2 rings (SSSR count). The standard InChI is InChI=1S/C10H9N3O4S/c1-5-11-2-6(18-5)3-13-4-7(9(15)16)8(14)12-10(13)17/h2,4H,3H2,1H3,(H,15,16)(H,12,14,17). The Bertz CT molecular complexity index is 712. The first-order chi connectivity index (χ1) is 8.47. The Labute approximate surface area is 104 Å². The Morgan fingerprint density at radius 3 is 2.83 bits per heavy atom. The van der Waals surface area contributed by atoms with Crippen molar-refractivity contribution in [1.82, 2.24) is 14.5 Å². The van der Waals surface area contributed by atoms with Gasteiger partial charge in [-0.1, -0.05) is 0 Å². The molecule has 0 aliphatic carbocycles. The molecule has 0 aromatic carbocycles. The molecule has 94 valence electrons. The van der Waals surface area contributed by atoms with E-state index in [0.717, 1.165) is 20.6 Å². The molecule has 2 heterocycles. The van der Waals surface area contributed by atoms with E-state index in [4.69, 9.17) is 5.11 Å². The van der Waals surface area contributed by atoms with Crippen LogP contribution in [0.25, 0.3) is 0 Å². The van der Waals surface area contributed by atoms with Gasteiger partial charge < -0.3 is 5.11 Å². The van der Waals surface area contributed by atoms with Crippen molar-refractivity contribution in [2.24, 2.45) is 0 Å². The molecule has 7 nitrogen and oxygen atoms in total. The van der Waals surface area contributed by atoms with Gasteiger partial charge in [-0.25, -0.2) is 14.6 Å². The van der Waals surface area contributed by atoms with Gasteiger partial charge in [0, 0.05) is 17.3 Å². The van der Waals surface area contributed by atoms with E-state index in [1.54, 1.807) is 6.20 Å². The lowest BCUT2D eigenvalue weighted by molar-refractivity contribution is 0.0693. The second-order valence-electron chi connectivity index (χ2n) is 3.58. The lowest BCUT2D eigenvalue weighted by Gasteiger charge is -2.03. The largest absolute Gasteiger partial charge is 0.477 e. The number of nitrogens with zero attached hydrogens (tertiary/aromatic N) is 2. The van der Waals surface area contributed by atoms with E-state index >= 15 is 0 Å². The summed E-state index contributed by atoms with van der Waals surface area (Å²) in [5.41, 5.74) is -2.00. The summed E-state index contributed by atoms with van der Waals surface area (Å²) in [6.07, 6.45) is 2.65. The average Bonchev–Trinajstić information content (AvgIpc) is 2.67. The fourth-order valence-electron chi connectivity index (χ4n) is 1.43. The van der Waals surface area contributed by atoms with Crippen LogP contribution < -0.4 is 11.2 Å². The zero-order chi connectivity index (χ0) is 13.3. The van der Waals surface area contributed by atoms with Gasteiger partial charge in [-0.2, -0.15) is 0 Å². The predicted molar refractivity (Wildman–Crippen MR) is 64.2 cm³/mol. The molecule has 0 spiro atoms. The maximum Gasteiger partial charge on any atom is 0.342 e. The Balaban J connectivity index is 2.45. The van der Waals surface area contributed by atoms with Crippen molar-refractivity contribution in [2.75, 3.05) is 0 Å². The monoisotopic (exact) mass is 267 g/mol. The first-order valence-electron chi connectivity index (χ1n) is 4.95. The fourth-order valence-corrected chi connectivity index (χ4v) is 2.22. The summed E-state index contributed by atoms with van der Waals surface area (Å²) < 4.78 is 1.14. The lowest BCUT2D eigenvalue weighted by atomic mass is 10.3. The van der Waals surface area contributed by atoms with Crippen molar-refractivity contribution < 1.29 is 9.90 Å². The van der Waals surface area contributed by atoms with Gasteiger partial charge in [0.05, 0.1) is 11.6 Å². The zero-order valence-electron chi connectivity index (χ0n) is 9.34. The molecule has 0 fully saturated rings. The van der Waals surface area contributed by atoms with Crippen LogP contribution in [0.2, 0.25) is 0 Å². The number of aromatic amines is 1. The third kappa shape index (κ3) is 2.38. The van der Waals surface area contributed by atoms with Crippen LogP contribution in [0.4, 0.5) is 0 Å². The topological polar surface area (TPSA) is 105 Å². The Hall–Kier alpha value is -2.22. The number of nitrogens with one attached hydrogen (secondary N) is 1. The molecule has 0 saturated heterocycles. The zero-order valence-corrected chi connectivity index (χ0v) is 10.2. The van der Waals surface area contributed by atoms with Crippen LogP contribution in [-0.4, -0.2) is 25.6 Å². The molecule has 0 radical (unpaired) electrons. The molecule has 0 bridgehead atoms. The minimum absolute atomic E-state index is 0.182. The maximum absolute atomic E-state index is 11.5. The third-order valence-corrected chi connectivity index (χ3v) is 3.13. The number of carboxylic acid groups (broad SMARTS) is 1. The minimum Gasteiger partial charge on any atom is -0.477 e. The van der Waals surface area contributed by atoms with E-state index in [9.17, 15) is 14.4 Å². The van der Waals surface area contributed by atoms with E-state index in [2.05, 4.69) is 4.98 Å². The first-order valence-corrected chi connectivity index (χ1v) is 5.77. The van der Waals surface area contributed by atoms with Gasteiger partial charge in [0.1, 0.15) is 5.56 Å². The Morgan fingerprint density at radius 1 is 1.56 bits per heavy atom. The summed E-state index contributed by atoms with van der Waals surface area (Å²) in [6, 6.07) is 0. The molecule has 0 saturated carbocycles. The average molecular weight is 267 g/mol. The fraction of sp³-hybridized carbons (Fsp3) is 0.200. The summed E-state index contributed by atoms with van der Waals surface area (Å²) in [7, 11) is 0. The highest BCUT2D eigenvalue weighted by Crippen LogP contribution is 2.12. The van der Waals surface area contributed by atoms with Gasteiger partial charge >= 0.3 is 11.7 Å². The number of aryl methyl sites for hydroxylation is 1. The smallest absolute Gasteiger partial charge is 0.342 e. The van der Waals surface area contributed by atoms with Crippen LogP contribution in [0.3, 0.4) is 0 Å². The van der Waals surface area contributed by atoms with Crippen LogP contribution in [-0.2, 0) is 6.54 Å². The first kappa shape index (κ1) is 12.2. The second-order valence-corrected chi connectivity index (χ2v) is 4.90. The van der Waals surface area contributed by atoms with Gasteiger partial charge in [0.15, 0.2) is 0 Å². The van der Waals surface area contributed by atoms with Crippen LogP contribution in [0.15, 0.2) is 22.0 Å². The number of aromatic carboxylic acids is 1. The quantitative estimate of drug-likeness (QED) is 0.817. The van der Waals surface area contributed by atoms with Crippen molar-refractivity contribution in [3.8, 4) is 0 Å². The Kier molecular flexibility index (Phi) is 3.11. The highest BCUT2D eigenvalue weighted by Gasteiger charge is 2.12.